The Morgan fingerprint density at radius 3 is 2.76 bits per heavy atom. The molecule has 0 spiro atoms. The molecule has 0 amide bonds. The summed E-state index contributed by atoms with van der Waals surface area (Å²) in [6.45, 7) is 4.99. The van der Waals surface area contributed by atoms with E-state index in [-0.39, 0.29) is 6.42 Å². The Morgan fingerprint density at radius 1 is 1.47 bits per heavy atom. The highest BCUT2D eigenvalue weighted by Gasteiger charge is 2.08. The van der Waals surface area contributed by atoms with Gasteiger partial charge in [0.2, 0.25) is 0 Å². The van der Waals surface area contributed by atoms with Crippen molar-refractivity contribution in [2.45, 2.75) is 26.7 Å². The highest BCUT2D eigenvalue weighted by Crippen LogP contribution is 2.18. The van der Waals surface area contributed by atoms with Crippen molar-refractivity contribution in [3.05, 3.63) is 29.6 Å². The third-order valence-electron chi connectivity index (χ3n) is 2.45. The Morgan fingerprint density at radius 2 is 2.18 bits per heavy atom. The third kappa shape index (κ3) is 4.85. The number of carboxylic acids is 1. The minimum Gasteiger partial charge on any atom is -0.481 e. The zero-order chi connectivity index (χ0) is 12.8. The lowest BCUT2D eigenvalue weighted by Gasteiger charge is -2.12. The molecule has 2 N–H and O–H groups in total. The first-order chi connectivity index (χ1) is 7.99. The zero-order valence-corrected chi connectivity index (χ0v) is 10.2. The molecule has 0 atom stereocenters. The number of halogens is 1. The second kappa shape index (κ2) is 6.23. The maximum Gasteiger partial charge on any atom is 0.307 e. The molecule has 0 saturated carbocycles. The average molecular weight is 239 g/mol. The van der Waals surface area contributed by atoms with Gasteiger partial charge in [-0.1, -0.05) is 13.8 Å². The Bertz CT molecular complexity index is 391. The zero-order valence-electron chi connectivity index (χ0n) is 10.2. The van der Waals surface area contributed by atoms with Crippen molar-refractivity contribution in [3.8, 4) is 0 Å². The molecule has 1 aromatic carbocycles. The standard InChI is InChI=1S/C13H18FNO2/c1-9(2)5-6-15-12-4-3-11(14)7-10(12)8-13(16)17/h3-4,7,9,15H,5-6,8H2,1-2H3,(H,16,17). The fraction of sp³-hybridized carbons (Fsp3) is 0.462. The summed E-state index contributed by atoms with van der Waals surface area (Å²) >= 11 is 0. The Labute approximate surface area is 101 Å². The predicted molar refractivity (Wildman–Crippen MR) is 65.7 cm³/mol. The molecule has 0 aliphatic heterocycles. The van der Waals surface area contributed by atoms with Gasteiger partial charge in [0.15, 0.2) is 0 Å². The molecule has 1 aromatic rings. The molecule has 1 rings (SSSR count). The van der Waals surface area contributed by atoms with Gasteiger partial charge < -0.3 is 10.4 Å². The van der Waals surface area contributed by atoms with Crippen molar-refractivity contribution in [1.82, 2.24) is 0 Å². The molecule has 4 heteroatoms. The van der Waals surface area contributed by atoms with Crippen molar-refractivity contribution in [3.63, 3.8) is 0 Å². The summed E-state index contributed by atoms with van der Waals surface area (Å²) in [6.07, 6.45) is 0.825. The van der Waals surface area contributed by atoms with Gasteiger partial charge in [-0.2, -0.15) is 0 Å². The van der Waals surface area contributed by atoms with Gasteiger partial charge in [0.05, 0.1) is 6.42 Å². The number of hydrogen-bond donors (Lipinski definition) is 2. The molecule has 0 bridgehead atoms. The van der Waals surface area contributed by atoms with Gasteiger partial charge in [-0.05, 0) is 36.1 Å². The predicted octanol–water partition coefficient (Wildman–Crippen LogP) is 2.91. The van der Waals surface area contributed by atoms with Gasteiger partial charge in [0, 0.05) is 12.2 Å². The van der Waals surface area contributed by atoms with Crippen LogP contribution in [0.15, 0.2) is 18.2 Å². The minimum atomic E-state index is -0.956. The number of carbonyl (C=O) groups is 1. The van der Waals surface area contributed by atoms with E-state index in [1.54, 1.807) is 6.07 Å². The number of rotatable bonds is 6. The number of anilines is 1. The van der Waals surface area contributed by atoms with Gasteiger partial charge in [0.25, 0.3) is 0 Å². The second-order valence-electron chi connectivity index (χ2n) is 4.48. The van der Waals surface area contributed by atoms with E-state index in [1.807, 2.05) is 0 Å². The van der Waals surface area contributed by atoms with Gasteiger partial charge in [-0.3, -0.25) is 4.79 Å². The summed E-state index contributed by atoms with van der Waals surface area (Å²) in [5.41, 5.74) is 1.19. The maximum absolute atomic E-state index is 13.0. The van der Waals surface area contributed by atoms with Gasteiger partial charge in [-0.15, -0.1) is 0 Å². The van der Waals surface area contributed by atoms with Crippen molar-refractivity contribution in [2.24, 2.45) is 5.92 Å². The first kappa shape index (κ1) is 13.5. The number of nitrogens with one attached hydrogen (secondary N) is 1. The van der Waals surface area contributed by atoms with E-state index in [0.717, 1.165) is 13.0 Å². The van der Waals surface area contributed by atoms with Crippen LogP contribution >= 0.6 is 0 Å². The first-order valence-corrected chi connectivity index (χ1v) is 5.73. The molecule has 17 heavy (non-hydrogen) atoms. The van der Waals surface area contributed by atoms with Crippen molar-refractivity contribution >= 4 is 11.7 Å². The van der Waals surface area contributed by atoms with Crippen LogP contribution < -0.4 is 5.32 Å². The first-order valence-electron chi connectivity index (χ1n) is 5.73. The average Bonchev–Trinajstić information content (AvgIpc) is 2.20. The highest BCUT2D eigenvalue weighted by atomic mass is 19.1. The Balaban J connectivity index is 2.72. The van der Waals surface area contributed by atoms with Gasteiger partial charge in [0.1, 0.15) is 5.82 Å². The molecule has 0 unspecified atom stereocenters. The lowest BCUT2D eigenvalue weighted by molar-refractivity contribution is -0.136. The molecule has 3 nitrogen and oxygen atoms in total. The Hall–Kier alpha value is -1.58. The normalized spacial score (nSPS) is 10.6. The fourth-order valence-electron chi connectivity index (χ4n) is 1.54. The van der Waals surface area contributed by atoms with E-state index in [0.29, 0.717) is 17.2 Å². The van der Waals surface area contributed by atoms with Crippen LogP contribution in [0.3, 0.4) is 0 Å². The van der Waals surface area contributed by atoms with Crippen LogP contribution in [0.2, 0.25) is 0 Å². The highest BCUT2D eigenvalue weighted by molar-refractivity contribution is 5.73. The SMILES string of the molecule is CC(C)CCNc1ccc(F)cc1CC(=O)O. The number of hydrogen-bond acceptors (Lipinski definition) is 2. The monoisotopic (exact) mass is 239 g/mol. The van der Waals surface area contributed by atoms with E-state index >= 15 is 0 Å². The van der Waals surface area contributed by atoms with Crippen molar-refractivity contribution in [2.75, 3.05) is 11.9 Å². The second-order valence-corrected chi connectivity index (χ2v) is 4.48. The summed E-state index contributed by atoms with van der Waals surface area (Å²) < 4.78 is 13.0. The summed E-state index contributed by atoms with van der Waals surface area (Å²) in [5.74, 6) is -0.788. The smallest absolute Gasteiger partial charge is 0.307 e. The van der Waals surface area contributed by atoms with E-state index < -0.39 is 11.8 Å². The molecule has 0 heterocycles. The van der Waals surface area contributed by atoms with Crippen molar-refractivity contribution < 1.29 is 14.3 Å². The van der Waals surface area contributed by atoms with Gasteiger partial charge >= 0.3 is 5.97 Å². The van der Waals surface area contributed by atoms with Crippen LogP contribution in [0.4, 0.5) is 10.1 Å². The molecular formula is C13H18FNO2. The minimum absolute atomic E-state index is 0.165. The van der Waals surface area contributed by atoms with Crippen molar-refractivity contribution in [1.29, 1.82) is 0 Å². The van der Waals surface area contributed by atoms with Crippen LogP contribution in [0.5, 0.6) is 0 Å². The molecule has 94 valence electrons. The quantitative estimate of drug-likeness (QED) is 0.802. The summed E-state index contributed by atoms with van der Waals surface area (Å²) in [6, 6.07) is 4.20. The summed E-state index contributed by atoms with van der Waals surface area (Å²) in [7, 11) is 0. The van der Waals surface area contributed by atoms with E-state index in [1.165, 1.54) is 12.1 Å². The van der Waals surface area contributed by atoms with Crippen LogP contribution in [0.25, 0.3) is 0 Å². The van der Waals surface area contributed by atoms with Crippen LogP contribution in [-0.2, 0) is 11.2 Å². The lowest BCUT2D eigenvalue weighted by atomic mass is 10.1. The summed E-state index contributed by atoms with van der Waals surface area (Å²) in [5, 5.41) is 11.9. The van der Waals surface area contributed by atoms with Crippen LogP contribution in [-0.4, -0.2) is 17.6 Å². The topological polar surface area (TPSA) is 49.3 Å². The lowest BCUT2D eigenvalue weighted by Crippen LogP contribution is -2.09. The molecule has 0 radical (unpaired) electrons. The van der Waals surface area contributed by atoms with E-state index in [2.05, 4.69) is 19.2 Å². The molecule has 0 aromatic heterocycles. The van der Waals surface area contributed by atoms with E-state index in [4.69, 9.17) is 5.11 Å². The molecule has 0 aliphatic carbocycles. The number of carboxylic acid groups (broad SMARTS) is 1. The third-order valence-corrected chi connectivity index (χ3v) is 2.45. The number of aliphatic carboxylic acids is 1. The molecule has 0 saturated heterocycles. The van der Waals surface area contributed by atoms with Crippen LogP contribution in [0.1, 0.15) is 25.8 Å². The van der Waals surface area contributed by atoms with Gasteiger partial charge in [-0.25, -0.2) is 4.39 Å². The molecule has 0 aliphatic rings. The van der Waals surface area contributed by atoms with E-state index in [9.17, 15) is 9.18 Å². The Kier molecular flexibility index (Phi) is 4.94. The number of benzene rings is 1. The van der Waals surface area contributed by atoms with Crippen LogP contribution in [0, 0.1) is 11.7 Å². The maximum atomic E-state index is 13.0. The fourth-order valence-corrected chi connectivity index (χ4v) is 1.54. The summed E-state index contributed by atoms with van der Waals surface area (Å²) in [4.78, 5) is 10.7. The molecular weight excluding hydrogens is 221 g/mol. The largest absolute Gasteiger partial charge is 0.481 e. The molecule has 0 fully saturated rings.